The zero-order valence-electron chi connectivity index (χ0n) is 20.8. The third kappa shape index (κ3) is 5.99. The summed E-state index contributed by atoms with van der Waals surface area (Å²) in [5.74, 6) is -3.38. The summed E-state index contributed by atoms with van der Waals surface area (Å²) in [4.78, 5) is 1.55. The molecule has 0 bridgehead atoms. The van der Waals surface area contributed by atoms with Crippen molar-refractivity contribution in [3.05, 3.63) is 70.3 Å². The predicted octanol–water partition coefficient (Wildman–Crippen LogP) is 5.73. The number of rotatable bonds is 12. The van der Waals surface area contributed by atoms with Gasteiger partial charge in [-0.3, -0.25) is 9.29 Å². The van der Waals surface area contributed by atoms with Crippen molar-refractivity contribution in [1.29, 1.82) is 0 Å². The number of halogens is 5. The standard InChI is InChI=1S/C28H33F5N2O2/c1-18-14-22-20-7-3-2-6-19(20)15-23(22)26(35(18)16-28(32,33)17-36)21-8-4-9-24(25(21)27(30)31)37-13-12-34-11-5-10-29/h2-4,6-9,18,26-27,34,36H,5,10-17H2,1H3/t18-,26-/m1/s1. The van der Waals surface area contributed by atoms with Crippen molar-refractivity contribution >= 4 is 5.57 Å². The van der Waals surface area contributed by atoms with Crippen LogP contribution in [-0.4, -0.2) is 61.5 Å². The molecule has 2 atom stereocenters. The summed E-state index contributed by atoms with van der Waals surface area (Å²) < 4.78 is 76.2. The van der Waals surface area contributed by atoms with Gasteiger partial charge in [0.15, 0.2) is 0 Å². The average molecular weight is 525 g/mol. The van der Waals surface area contributed by atoms with E-state index in [0.29, 0.717) is 32.4 Å². The predicted molar refractivity (Wildman–Crippen MR) is 133 cm³/mol. The van der Waals surface area contributed by atoms with Gasteiger partial charge in [-0.25, -0.2) is 17.6 Å². The number of nitrogens with zero attached hydrogens (tertiary/aromatic N) is 1. The summed E-state index contributed by atoms with van der Waals surface area (Å²) in [6.07, 6.45) is -1.55. The molecule has 0 saturated carbocycles. The van der Waals surface area contributed by atoms with Crippen molar-refractivity contribution in [3.8, 4) is 5.75 Å². The third-order valence-electron chi connectivity index (χ3n) is 7.12. The van der Waals surface area contributed by atoms with E-state index < -0.39 is 38.2 Å². The van der Waals surface area contributed by atoms with E-state index in [1.165, 1.54) is 6.07 Å². The van der Waals surface area contributed by atoms with Crippen LogP contribution in [0.3, 0.4) is 0 Å². The molecule has 4 nitrogen and oxygen atoms in total. The Labute approximate surface area is 214 Å². The molecule has 202 valence electrons. The van der Waals surface area contributed by atoms with Crippen molar-refractivity contribution in [1.82, 2.24) is 10.2 Å². The first kappa shape index (κ1) is 27.5. The minimum absolute atomic E-state index is 0.00421. The number of ether oxygens (including phenoxy) is 1. The van der Waals surface area contributed by atoms with Crippen LogP contribution in [0.15, 0.2) is 48.0 Å². The van der Waals surface area contributed by atoms with Gasteiger partial charge in [0.2, 0.25) is 0 Å². The second kappa shape index (κ2) is 11.9. The molecule has 9 heteroatoms. The fraction of sp³-hybridized carbons (Fsp3) is 0.500. The average Bonchev–Trinajstić information content (AvgIpc) is 3.24. The molecular formula is C28H33F5N2O2. The van der Waals surface area contributed by atoms with E-state index in [9.17, 15) is 27.1 Å². The summed E-state index contributed by atoms with van der Waals surface area (Å²) in [6, 6.07) is 11.2. The molecular weight excluding hydrogens is 491 g/mol. The first-order valence-corrected chi connectivity index (χ1v) is 12.6. The van der Waals surface area contributed by atoms with E-state index in [1.54, 1.807) is 17.0 Å². The molecule has 2 aromatic rings. The Kier molecular flexibility index (Phi) is 8.87. The molecule has 0 fully saturated rings. The summed E-state index contributed by atoms with van der Waals surface area (Å²) in [7, 11) is 0. The van der Waals surface area contributed by atoms with Gasteiger partial charge in [-0.15, -0.1) is 0 Å². The molecule has 0 spiro atoms. The third-order valence-corrected chi connectivity index (χ3v) is 7.12. The minimum Gasteiger partial charge on any atom is -0.492 e. The summed E-state index contributed by atoms with van der Waals surface area (Å²) in [6.45, 7) is 0.196. The maximum Gasteiger partial charge on any atom is 0.283 e. The Morgan fingerprint density at radius 2 is 1.92 bits per heavy atom. The molecule has 2 aliphatic rings. The lowest BCUT2D eigenvalue weighted by Gasteiger charge is -2.44. The normalized spacial score (nSPS) is 19.9. The Morgan fingerprint density at radius 1 is 1.14 bits per heavy atom. The lowest BCUT2D eigenvalue weighted by molar-refractivity contribution is -0.0859. The van der Waals surface area contributed by atoms with Crippen LogP contribution in [0.2, 0.25) is 0 Å². The van der Waals surface area contributed by atoms with Crippen LogP contribution in [0.25, 0.3) is 5.57 Å². The lowest BCUT2D eigenvalue weighted by Crippen LogP contribution is -2.48. The van der Waals surface area contributed by atoms with Gasteiger partial charge < -0.3 is 15.2 Å². The molecule has 0 aromatic heterocycles. The van der Waals surface area contributed by atoms with Crippen molar-refractivity contribution < 1.29 is 31.8 Å². The fourth-order valence-electron chi connectivity index (χ4n) is 5.46. The number of hydrogen-bond donors (Lipinski definition) is 2. The molecule has 2 aromatic carbocycles. The van der Waals surface area contributed by atoms with E-state index in [4.69, 9.17) is 4.74 Å². The maximum atomic E-state index is 14.6. The molecule has 0 unspecified atom stereocenters. The quantitative estimate of drug-likeness (QED) is 0.275. The molecule has 1 aliphatic heterocycles. The summed E-state index contributed by atoms with van der Waals surface area (Å²) >= 11 is 0. The summed E-state index contributed by atoms with van der Waals surface area (Å²) in [5, 5.41) is 12.3. The van der Waals surface area contributed by atoms with Gasteiger partial charge in [-0.05, 0) is 66.6 Å². The van der Waals surface area contributed by atoms with Crippen LogP contribution < -0.4 is 10.1 Å². The molecule has 37 heavy (non-hydrogen) atoms. The molecule has 0 amide bonds. The SMILES string of the molecule is C[C@@H]1CC2=C(Cc3ccccc32)[C@@H](c2cccc(OCCNCCCF)c2C(F)F)N1CC(F)(F)CO. The molecule has 1 aliphatic carbocycles. The van der Waals surface area contributed by atoms with Gasteiger partial charge in [0.1, 0.15) is 19.0 Å². The highest BCUT2D eigenvalue weighted by atomic mass is 19.3. The molecule has 4 rings (SSSR count). The Hall–Kier alpha value is -2.49. The first-order valence-electron chi connectivity index (χ1n) is 12.6. The lowest BCUT2D eigenvalue weighted by atomic mass is 9.83. The second-order valence-corrected chi connectivity index (χ2v) is 9.68. The molecule has 0 radical (unpaired) electrons. The topological polar surface area (TPSA) is 44.7 Å². The monoisotopic (exact) mass is 524 g/mol. The number of aliphatic hydroxyl groups excluding tert-OH is 1. The van der Waals surface area contributed by atoms with Crippen LogP contribution >= 0.6 is 0 Å². The molecule has 0 saturated heterocycles. The zero-order valence-corrected chi connectivity index (χ0v) is 20.8. The van der Waals surface area contributed by atoms with Gasteiger partial charge in [-0.1, -0.05) is 36.4 Å². The molecule has 1 heterocycles. The van der Waals surface area contributed by atoms with E-state index in [1.807, 2.05) is 31.2 Å². The van der Waals surface area contributed by atoms with Crippen LogP contribution in [0.5, 0.6) is 5.75 Å². The fourth-order valence-corrected chi connectivity index (χ4v) is 5.46. The second-order valence-electron chi connectivity index (χ2n) is 9.68. The van der Waals surface area contributed by atoms with Gasteiger partial charge in [-0.2, -0.15) is 0 Å². The van der Waals surface area contributed by atoms with Crippen molar-refractivity contribution in [3.63, 3.8) is 0 Å². The van der Waals surface area contributed by atoms with Crippen molar-refractivity contribution in [2.75, 3.05) is 39.5 Å². The van der Waals surface area contributed by atoms with Crippen molar-refractivity contribution in [2.45, 2.75) is 50.6 Å². The first-order chi connectivity index (χ1) is 17.8. The van der Waals surface area contributed by atoms with Crippen molar-refractivity contribution in [2.24, 2.45) is 0 Å². The number of aliphatic hydroxyl groups is 1. The Morgan fingerprint density at radius 3 is 2.65 bits per heavy atom. The number of nitrogens with one attached hydrogen (secondary N) is 1. The largest absolute Gasteiger partial charge is 0.492 e. The maximum absolute atomic E-state index is 14.6. The highest BCUT2D eigenvalue weighted by Gasteiger charge is 2.44. The highest BCUT2D eigenvalue weighted by Crippen LogP contribution is 2.51. The van der Waals surface area contributed by atoms with Crippen LogP contribution in [0.1, 0.15) is 54.5 Å². The minimum atomic E-state index is -3.39. The number of alkyl halides is 5. The van der Waals surface area contributed by atoms with E-state index >= 15 is 0 Å². The highest BCUT2D eigenvalue weighted by molar-refractivity contribution is 5.79. The van der Waals surface area contributed by atoms with Crippen LogP contribution in [-0.2, 0) is 6.42 Å². The molecule has 2 N–H and O–H groups in total. The number of hydrogen-bond acceptors (Lipinski definition) is 4. The number of fused-ring (bicyclic) bond motifs is 2. The zero-order chi connectivity index (χ0) is 26.6. The van der Waals surface area contributed by atoms with Gasteiger partial charge in [0.25, 0.3) is 12.3 Å². The van der Waals surface area contributed by atoms with E-state index in [0.717, 1.165) is 22.3 Å². The Bertz CT molecular complexity index is 1110. The van der Waals surface area contributed by atoms with Crippen LogP contribution in [0, 0.1) is 0 Å². The number of benzene rings is 2. The summed E-state index contributed by atoms with van der Waals surface area (Å²) in [5.41, 5.74) is 3.85. The van der Waals surface area contributed by atoms with E-state index in [2.05, 4.69) is 5.32 Å². The van der Waals surface area contributed by atoms with Gasteiger partial charge in [0.05, 0.1) is 24.8 Å². The van der Waals surface area contributed by atoms with Gasteiger partial charge in [0, 0.05) is 12.6 Å². The van der Waals surface area contributed by atoms with Crippen LogP contribution in [0.4, 0.5) is 22.0 Å². The smallest absolute Gasteiger partial charge is 0.283 e. The van der Waals surface area contributed by atoms with E-state index in [-0.39, 0.29) is 29.5 Å². The van der Waals surface area contributed by atoms with Gasteiger partial charge >= 0.3 is 0 Å². The Balaban J connectivity index is 1.74.